The topological polar surface area (TPSA) is 78.0 Å². The van der Waals surface area contributed by atoms with Crippen LogP contribution >= 0.6 is 0 Å². The van der Waals surface area contributed by atoms with Gasteiger partial charge in [0.1, 0.15) is 0 Å². The first-order valence-corrected chi connectivity index (χ1v) is 8.72. The summed E-state index contributed by atoms with van der Waals surface area (Å²) in [4.78, 5) is 0. The van der Waals surface area contributed by atoms with Crippen molar-refractivity contribution in [1.82, 2.24) is 9.78 Å². The molecule has 1 aromatic rings. The maximum atomic E-state index is 11.8. The minimum atomic E-state index is -2.90. The third-order valence-corrected chi connectivity index (χ3v) is 5.69. The molecular weight excluding hydrogens is 262 g/mol. The first-order chi connectivity index (χ1) is 8.94. The van der Waals surface area contributed by atoms with Gasteiger partial charge in [0.05, 0.1) is 23.2 Å². The molecule has 1 saturated heterocycles. The normalized spacial score (nSPS) is 22.6. The maximum absolute atomic E-state index is 11.8. The third kappa shape index (κ3) is 3.17. The van der Waals surface area contributed by atoms with Crippen molar-refractivity contribution in [1.29, 1.82) is 0 Å². The van der Waals surface area contributed by atoms with Crippen LogP contribution in [0, 0.1) is 13.8 Å². The van der Waals surface area contributed by atoms with E-state index in [-0.39, 0.29) is 11.8 Å². The Kier molecular flexibility index (Phi) is 4.30. The van der Waals surface area contributed by atoms with E-state index in [0.29, 0.717) is 12.3 Å². The van der Waals surface area contributed by atoms with Crippen LogP contribution < -0.4 is 5.73 Å². The molecule has 108 valence electrons. The van der Waals surface area contributed by atoms with Gasteiger partial charge in [0.15, 0.2) is 9.84 Å². The molecule has 1 atom stereocenters. The highest BCUT2D eigenvalue weighted by molar-refractivity contribution is 7.91. The van der Waals surface area contributed by atoms with E-state index in [2.05, 4.69) is 5.10 Å². The molecular formula is C13H23N3O2S. The Morgan fingerprint density at radius 2 is 2.16 bits per heavy atom. The van der Waals surface area contributed by atoms with Crippen molar-refractivity contribution in [3.63, 3.8) is 0 Å². The highest BCUT2D eigenvalue weighted by atomic mass is 32.2. The highest BCUT2D eigenvalue weighted by Crippen LogP contribution is 2.26. The molecule has 19 heavy (non-hydrogen) atoms. The summed E-state index contributed by atoms with van der Waals surface area (Å²) >= 11 is 0. The van der Waals surface area contributed by atoms with Gasteiger partial charge in [0, 0.05) is 5.69 Å². The third-order valence-electron chi connectivity index (χ3n) is 3.89. The minimum absolute atomic E-state index is 0.00377. The van der Waals surface area contributed by atoms with Crippen molar-refractivity contribution >= 4 is 9.84 Å². The quantitative estimate of drug-likeness (QED) is 0.900. The Morgan fingerprint density at radius 3 is 2.79 bits per heavy atom. The summed E-state index contributed by atoms with van der Waals surface area (Å²) in [6.45, 7) is 4.70. The van der Waals surface area contributed by atoms with Crippen LogP contribution in [-0.2, 0) is 16.3 Å². The standard InChI is InChI=1S/C13H23N3O2S/c1-10-13(6-3-7-14)11(2)16(15-10)12-5-4-8-19(17,18)9-12/h12H,3-9,14H2,1-2H3. The van der Waals surface area contributed by atoms with Gasteiger partial charge in [0.2, 0.25) is 0 Å². The lowest BCUT2D eigenvalue weighted by molar-refractivity contribution is 0.426. The molecule has 5 nitrogen and oxygen atoms in total. The van der Waals surface area contributed by atoms with Crippen LogP contribution in [0.3, 0.4) is 0 Å². The van der Waals surface area contributed by atoms with Crippen molar-refractivity contribution in [2.75, 3.05) is 18.1 Å². The van der Waals surface area contributed by atoms with E-state index < -0.39 is 9.84 Å². The predicted octanol–water partition coefficient (Wildman–Crippen LogP) is 1.14. The largest absolute Gasteiger partial charge is 0.330 e. The van der Waals surface area contributed by atoms with Crippen LogP contribution in [0.25, 0.3) is 0 Å². The molecule has 2 heterocycles. The van der Waals surface area contributed by atoms with Gasteiger partial charge < -0.3 is 5.73 Å². The second kappa shape index (κ2) is 5.63. The fourth-order valence-electron chi connectivity index (χ4n) is 2.88. The fourth-order valence-corrected chi connectivity index (χ4v) is 4.55. The molecule has 0 saturated carbocycles. The van der Waals surface area contributed by atoms with E-state index in [1.165, 1.54) is 5.56 Å². The molecule has 0 aromatic carbocycles. The molecule has 0 aliphatic carbocycles. The van der Waals surface area contributed by atoms with Gasteiger partial charge in [-0.2, -0.15) is 5.10 Å². The number of sulfone groups is 1. The fraction of sp³-hybridized carbons (Fsp3) is 0.769. The number of nitrogens with two attached hydrogens (primary N) is 1. The summed E-state index contributed by atoms with van der Waals surface area (Å²) in [5.74, 6) is 0.550. The number of nitrogens with zero attached hydrogens (tertiary/aromatic N) is 2. The molecule has 6 heteroatoms. The summed E-state index contributed by atoms with van der Waals surface area (Å²) < 4.78 is 25.4. The van der Waals surface area contributed by atoms with Crippen molar-refractivity contribution in [3.8, 4) is 0 Å². The second-order valence-corrected chi connectivity index (χ2v) is 7.63. The zero-order chi connectivity index (χ0) is 14.0. The molecule has 1 unspecified atom stereocenters. The Balaban J connectivity index is 2.25. The van der Waals surface area contributed by atoms with Gasteiger partial charge in [-0.15, -0.1) is 0 Å². The Morgan fingerprint density at radius 1 is 1.42 bits per heavy atom. The number of hydrogen-bond donors (Lipinski definition) is 1. The lowest BCUT2D eigenvalue weighted by atomic mass is 10.1. The molecule has 0 radical (unpaired) electrons. The summed E-state index contributed by atoms with van der Waals surface area (Å²) in [7, 11) is -2.90. The van der Waals surface area contributed by atoms with Gasteiger partial charge in [0.25, 0.3) is 0 Å². The van der Waals surface area contributed by atoms with Crippen LogP contribution in [0.5, 0.6) is 0 Å². The smallest absolute Gasteiger partial charge is 0.152 e. The summed E-state index contributed by atoms with van der Waals surface area (Å²) in [6.07, 6.45) is 3.50. The molecule has 2 N–H and O–H groups in total. The van der Waals surface area contributed by atoms with Crippen LogP contribution in [-0.4, -0.2) is 36.2 Å². The minimum Gasteiger partial charge on any atom is -0.330 e. The van der Waals surface area contributed by atoms with Crippen LogP contribution in [0.4, 0.5) is 0 Å². The lowest BCUT2D eigenvalue weighted by Gasteiger charge is -2.23. The van der Waals surface area contributed by atoms with E-state index >= 15 is 0 Å². The monoisotopic (exact) mass is 285 g/mol. The first kappa shape index (κ1) is 14.5. The molecule has 1 aliphatic rings. The Labute approximate surface area is 115 Å². The van der Waals surface area contributed by atoms with E-state index in [9.17, 15) is 8.42 Å². The molecule has 1 aromatic heterocycles. The highest BCUT2D eigenvalue weighted by Gasteiger charge is 2.28. The number of hydrogen-bond acceptors (Lipinski definition) is 4. The lowest BCUT2D eigenvalue weighted by Crippen LogP contribution is -2.28. The molecule has 0 amide bonds. The van der Waals surface area contributed by atoms with Crippen molar-refractivity contribution < 1.29 is 8.42 Å². The van der Waals surface area contributed by atoms with Crippen molar-refractivity contribution in [2.24, 2.45) is 5.73 Å². The van der Waals surface area contributed by atoms with E-state index in [1.54, 1.807) is 0 Å². The molecule has 0 bridgehead atoms. The molecule has 2 rings (SSSR count). The first-order valence-electron chi connectivity index (χ1n) is 6.89. The number of rotatable bonds is 4. The van der Waals surface area contributed by atoms with Crippen LogP contribution in [0.15, 0.2) is 0 Å². The van der Waals surface area contributed by atoms with Gasteiger partial charge in [-0.05, 0) is 51.6 Å². The van der Waals surface area contributed by atoms with E-state index in [4.69, 9.17) is 5.73 Å². The van der Waals surface area contributed by atoms with Crippen LogP contribution in [0.2, 0.25) is 0 Å². The predicted molar refractivity (Wildman–Crippen MR) is 76.0 cm³/mol. The molecule has 0 spiro atoms. The van der Waals surface area contributed by atoms with E-state index in [1.807, 2.05) is 18.5 Å². The zero-order valence-corrected chi connectivity index (χ0v) is 12.5. The Hall–Kier alpha value is -0.880. The number of aryl methyl sites for hydroxylation is 1. The maximum Gasteiger partial charge on any atom is 0.152 e. The summed E-state index contributed by atoms with van der Waals surface area (Å²) in [5, 5.41) is 4.56. The van der Waals surface area contributed by atoms with Crippen molar-refractivity contribution in [2.45, 2.75) is 45.6 Å². The molecule has 1 aliphatic heterocycles. The number of aromatic nitrogens is 2. The zero-order valence-electron chi connectivity index (χ0n) is 11.7. The summed E-state index contributed by atoms with van der Waals surface area (Å²) in [6, 6.07) is 0.00377. The average molecular weight is 285 g/mol. The summed E-state index contributed by atoms with van der Waals surface area (Å²) in [5.41, 5.74) is 8.90. The van der Waals surface area contributed by atoms with E-state index in [0.717, 1.165) is 37.1 Å². The van der Waals surface area contributed by atoms with Gasteiger partial charge in [-0.25, -0.2) is 8.42 Å². The van der Waals surface area contributed by atoms with Crippen LogP contribution in [0.1, 0.15) is 42.3 Å². The van der Waals surface area contributed by atoms with Gasteiger partial charge in [-0.1, -0.05) is 0 Å². The Bertz CT molecular complexity index is 548. The van der Waals surface area contributed by atoms with Gasteiger partial charge >= 0.3 is 0 Å². The van der Waals surface area contributed by atoms with Gasteiger partial charge in [-0.3, -0.25) is 4.68 Å². The average Bonchev–Trinajstić information content (AvgIpc) is 2.61. The van der Waals surface area contributed by atoms with Crippen molar-refractivity contribution in [3.05, 3.63) is 17.0 Å². The molecule has 1 fully saturated rings. The second-order valence-electron chi connectivity index (χ2n) is 5.40. The SMILES string of the molecule is Cc1nn(C2CCCS(=O)(=O)C2)c(C)c1CCCN.